The highest BCUT2D eigenvalue weighted by atomic mass is 16.5. The lowest BCUT2D eigenvalue weighted by Gasteiger charge is -2.33. The number of urea groups is 1. The highest BCUT2D eigenvalue weighted by molar-refractivity contribution is 5.97. The molecular weight excluding hydrogens is 352 g/mol. The van der Waals surface area contributed by atoms with E-state index >= 15 is 0 Å². The molecule has 2 aliphatic rings. The highest BCUT2D eigenvalue weighted by Crippen LogP contribution is 2.35. The largest absolute Gasteiger partial charge is 0.456 e. The molecule has 0 aliphatic carbocycles. The van der Waals surface area contributed by atoms with Crippen LogP contribution in [-0.4, -0.2) is 23.5 Å². The van der Waals surface area contributed by atoms with Gasteiger partial charge in [-0.1, -0.05) is 75.4 Å². The average molecular weight is 376 g/mol. The third kappa shape index (κ3) is 3.28. The van der Waals surface area contributed by atoms with Crippen LogP contribution in [0.5, 0.6) is 0 Å². The van der Waals surface area contributed by atoms with E-state index in [9.17, 15) is 9.59 Å². The lowest BCUT2D eigenvalue weighted by Crippen LogP contribution is -2.46. The smallest absolute Gasteiger partial charge is 0.338 e. The number of carbonyl (C=O) groups excluding carboxylic acids is 2. The molecule has 0 radical (unpaired) electrons. The minimum absolute atomic E-state index is 0.0747. The van der Waals surface area contributed by atoms with Gasteiger partial charge in [0.1, 0.15) is 6.61 Å². The molecule has 0 saturated heterocycles. The maximum atomic E-state index is 12.9. The Balaban J connectivity index is 1.65. The molecular formula is C23H24N2O3. The number of hydrogen-bond donors (Lipinski definition) is 1. The topological polar surface area (TPSA) is 58.6 Å². The zero-order valence-corrected chi connectivity index (χ0v) is 16.4. The van der Waals surface area contributed by atoms with Crippen LogP contribution in [0.1, 0.15) is 43.5 Å². The van der Waals surface area contributed by atoms with Gasteiger partial charge in [-0.25, -0.2) is 9.59 Å². The Hall–Kier alpha value is -3.08. The van der Waals surface area contributed by atoms with Gasteiger partial charge in [0.25, 0.3) is 0 Å². The van der Waals surface area contributed by atoms with E-state index in [0.717, 1.165) is 11.1 Å². The predicted octanol–water partition coefficient (Wildman–Crippen LogP) is 4.06. The van der Waals surface area contributed by atoms with Crippen molar-refractivity contribution in [1.82, 2.24) is 10.2 Å². The van der Waals surface area contributed by atoms with Crippen molar-refractivity contribution in [3.63, 3.8) is 0 Å². The number of rotatable bonds is 3. The van der Waals surface area contributed by atoms with E-state index in [-0.39, 0.29) is 24.0 Å². The summed E-state index contributed by atoms with van der Waals surface area (Å²) in [4.78, 5) is 26.9. The number of nitrogens with zero attached hydrogens (tertiary/aromatic N) is 1. The molecule has 0 unspecified atom stereocenters. The van der Waals surface area contributed by atoms with Crippen LogP contribution < -0.4 is 5.32 Å². The molecule has 5 heteroatoms. The molecule has 5 nitrogen and oxygen atoms in total. The third-order valence-electron chi connectivity index (χ3n) is 5.29. The number of benzene rings is 2. The molecule has 144 valence electrons. The summed E-state index contributed by atoms with van der Waals surface area (Å²) in [6, 6.07) is 17.1. The molecule has 2 amide bonds. The van der Waals surface area contributed by atoms with Gasteiger partial charge in [-0.15, -0.1) is 0 Å². The van der Waals surface area contributed by atoms with Crippen molar-refractivity contribution in [1.29, 1.82) is 0 Å². The van der Waals surface area contributed by atoms with E-state index in [2.05, 4.69) is 38.2 Å². The molecule has 0 fully saturated rings. The van der Waals surface area contributed by atoms with E-state index in [0.29, 0.717) is 17.8 Å². The van der Waals surface area contributed by atoms with Crippen LogP contribution in [0.2, 0.25) is 0 Å². The molecule has 1 atom stereocenters. The summed E-state index contributed by atoms with van der Waals surface area (Å²) in [5.74, 6) is -0.364. The van der Waals surface area contributed by atoms with Crippen molar-refractivity contribution in [3.05, 3.63) is 82.6 Å². The standard InChI is InChI=1S/C23H24N2O3/c1-23(2,3)17-11-9-15(10-12-17)13-25-18-14-28-21(26)19(18)20(24-22(25)27)16-7-5-4-6-8-16/h4-12,20H,13-14H2,1-3H3,(H,24,27)/t20-/m1/s1. The van der Waals surface area contributed by atoms with Crippen molar-refractivity contribution in [2.45, 2.75) is 38.8 Å². The van der Waals surface area contributed by atoms with Crippen LogP contribution in [0.4, 0.5) is 4.79 Å². The maximum Gasteiger partial charge on any atom is 0.338 e. The molecule has 2 aromatic carbocycles. The Morgan fingerprint density at radius 2 is 1.71 bits per heavy atom. The molecule has 2 aliphatic heterocycles. The van der Waals surface area contributed by atoms with Gasteiger partial charge in [0.05, 0.1) is 23.9 Å². The fraction of sp³-hybridized carbons (Fsp3) is 0.304. The summed E-state index contributed by atoms with van der Waals surface area (Å²) < 4.78 is 5.28. The van der Waals surface area contributed by atoms with Crippen molar-refractivity contribution < 1.29 is 14.3 Å². The molecule has 28 heavy (non-hydrogen) atoms. The van der Waals surface area contributed by atoms with E-state index in [1.807, 2.05) is 42.5 Å². The summed E-state index contributed by atoms with van der Waals surface area (Å²) in [5.41, 5.74) is 4.37. The van der Waals surface area contributed by atoms with Gasteiger partial charge in [0.15, 0.2) is 0 Å². The number of cyclic esters (lactones) is 1. The average Bonchev–Trinajstić information content (AvgIpc) is 3.06. The molecule has 0 aromatic heterocycles. The van der Waals surface area contributed by atoms with Gasteiger partial charge < -0.3 is 10.1 Å². The number of nitrogens with one attached hydrogen (secondary N) is 1. The van der Waals surface area contributed by atoms with Crippen molar-refractivity contribution >= 4 is 12.0 Å². The van der Waals surface area contributed by atoms with E-state index in [1.54, 1.807) is 4.90 Å². The Morgan fingerprint density at radius 3 is 2.36 bits per heavy atom. The van der Waals surface area contributed by atoms with Crippen molar-refractivity contribution in [3.8, 4) is 0 Å². The first-order valence-electron chi connectivity index (χ1n) is 9.47. The fourth-order valence-electron chi connectivity index (χ4n) is 3.67. The van der Waals surface area contributed by atoms with E-state index in [4.69, 9.17) is 4.74 Å². The minimum Gasteiger partial charge on any atom is -0.456 e. The first-order chi connectivity index (χ1) is 13.3. The van der Waals surface area contributed by atoms with Crippen LogP contribution in [-0.2, 0) is 21.5 Å². The molecule has 1 N–H and O–H groups in total. The van der Waals surface area contributed by atoms with Crippen molar-refractivity contribution in [2.24, 2.45) is 0 Å². The first kappa shape index (κ1) is 18.3. The number of esters is 1. The summed E-state index contributed by atoms with van der Waals surface area (Å²) in [6.45, 7) is 7.03. The Labute approximate surface area is 165 Å². The second-order valence-corrected chi connectivity index (χ2v) is 8.26. The highest BCUT2D eigenvalue weighted by Gasteiger charge is 2.42. The molecule has 0 bridgehead atoms. The van der Waals surface area contributed by atoms with Crippen LogP contribution in [0.3, 0.4) is 0 Å². The normalized spacial score (nSPS) is 19.4. The summed E-state index contributed by atoms with van der Waals surface area (Å²) in [7, 11) is 0. The van der Waals surface area contributed by atoms with Crippen LogP contribution in [0.15, 0.2) is 65.9 Å². The lowest BCUT2D eigenvalue weighted by atomic mass is 9.86. The third-order valence-corrected chi connectivity index (χ3v) is 5.29. The van der Waals surface area contributed by atoms with Crippen molar-refractivity contribution in [2.75, 3.05) is 6.61 Å². The Bertz CT molecular complexity index is 940. The monoisotopic (exact) mass is 376 g/mol. The lowest BCUT2D eigenvalue weighted by molar-refractivity contribution is -0.136. The predicted molar refractivity (Wildman–Crippen MR) is 106 cm³/mol. The first-order valence-corrected chi connectivity index (χ1v) is 9.47. The number of carbonyl (C=O) groups is 2. The molecule has 2 heterocycles. The van der Waals surface area contributed by atoms with Crippen LogP contribution in [0.25, 0.3) is 0 Å². The van der Waals surface area contributed by atoms with Gasteiger partial charge in [0, 0.05) is 0 Å². The SMILES string of the molecule is CC(C)(C)c1ccc(CN2C(=O)N[C@H](c3ccccc3)C3=C2COC3=O)cc1. The molecule has 2 aromatic rings. The van der Waals surface area contributed by atoms with E-state index in [1.165, 1.54) is 5.56 Å². The molecule has 4 rings (SSSR count). The molecule has 0 spiro atoms. The quantitative estimate of drug-likeness (QED) is 0.822. The summed E-state index contributed by atoms with van der Waals surface area (Å²) in [5, 5.41) is 2.97. The van der Waals surface area contributed by atoms with Crippen LogP contribution in [0, 0.1) is 0 Å². The second kappa shape index (κ2) is 6.82. The zero-order chi connectivity index (χ0) is 19.9. The maximum absolute atomic E-state index is 12.9. The Kier molecular flexibility index (Phi) is 4.46. The number of amides is 2. The van der Waals surface area contributed by atoms with Gasteiger partial charge in [-0.3, -0.25) is 4.90 Å². The second-order valence-electron chi connectivity index (χ2n) is 8.26. The summed E-state index contributed by atoms with van der Waals surface area (Å²) >= 11 is 0. The molecule has 0 saturated carbocycles. The number of hydrogen-bond acceptors (Lipinski definition) is 3. The minimum atomic E-state index is -0.474. The fourth-order valence-corrected chi connectivity index (χ4v) is 3.67. The summed E-state index contributed by atoms with van der Waals surface area (Å²) in [6.07, 6.45) is 0. The number of ether oxygens (including phenoxy) is 1. The van der Waals surface area contributed by atoms with Gasteiger partial charge in [-0.05, 0) is 22.1 Å². The van der Waals surface area contributed by atoms with Gasteiger partial charge in [0.2, 0.25) is 0 Å². The van der Waals surface area contributed by atoms with Gasteiger partial charge in [-0.2, -0.15) is 0 Å². The van der Waals surface area contributed by atoms with E-state index < -0.39 is 6.04 Å². The Morgan fingerprint density at radius 1 is 1.04 bits per heavy atom. The van der Waals surface area contributed by atoms with Gasteiger partial charge >= 0.3 is 12.0 Å². The van der Waals surface area contributed by atoms with Crippen LogP contribution >= 0.6 is 0 Å². The zero-order valence-electron chi connectivity index (χ0n) is 16.4.